The average Bonchev–Trinajstić information content (AvgIpc) is 2.32. The molecular formula is C16H23ClO. The third kappa shape index (κ3) is 3.27. The van der Waals surface area contributed by atoms with Crippen molar-refractivity contribution in [2.45, 2.75) is 51.6 Å². The summed E-state index contributed by atoms with van der Waals surface area (Å²) in [5, 5.41) is 11.6. The fraction of sp³-hybridized carbons (Fsp3) is 0.625. The first kappa shape index (κ1) is 13.9. The van der Waals surface area contributed by atoms with Gasteiger partial charge in [0.15, 0.2) is 0 Å². The molecule has 0 spiro atoms. The van der Waals surface area contributed by atoms with Crippen LogP contribution in [0.15, 0.2) is 24.3 Å². The number of hydrogen-bond acceptors (Lipinski definition) is 1. The van der Waals surface area contributed by atoms with Crippen molar-refractivity contribution in [1.82, 2.24) is 0 Å². The average molecular weight is 267 g/mol. The van der Waals surface area contributed by atoms with Crippen molar-refractivity contribution < 1.29 is 5.11 Å². The molecule has 1 aromatic rings. The van der Waals surface area contributed by atoms with Crippen LogP contribution in [-0.4, -0.2) is 10.7 Å². The second-order valence-corrected chi connectivity index (χ2v) is 6.50. The van der Waals surface area contributed by atoms with E-state index in [9.17, 15) is 5.11 Å². The van der Waals surface area contributed by atoms with Gasteiger partial charge >= 0.3 is 0 Å². The summed E-state index contributed by atoms with van der Waals surface area (Å²) in [6.07, 6.45) is 4.89. The molecule has 0 radical (unpaired) electrons. The van der Waals surface area contributed by atoms with Gasteiger partial charge in [-0.1, -0.05) is 50.1 Å². The van der Waals surface area contributed by atoms with E-state index < -0.39 is 5.60 Å². The molecule has 2 rings (SSSR count). The first-order valence-electron chi connectivity index (χ1n) is 6.96. The van der Waals surface area contributed by atoms with Crippen LogP contribution in [0.2, 0.25) is 5.02 Å². The summed E-state index contributed by atoms with van der Waals surface area (Å²) in [5.41, 5.74) is 0.518. The lowest BCUT2D eigenvalue weighted by Gasteiger charge is -2.39. The second-order valence-electron chi connectivity index (χ2n) is 6.09. The molecule has 1 aromatic carbocycles. The van der Waals surface area contributed by atoms with Crippen LogP contribution in [0, 0.1) is 11.8 Å². The van der Waals surface area contributed by atoms with Gasteiger partial charge in [0.05, 0.1) is 5.60 Å². The zero-order valence-corrected chi connectivity index (χ0v) is 12.1. The predicted molar refractivity (Wildman–Crippen MR) is 76.9 cm³/mol. The van der Waals surface area contributed by atoms with Crippen LogP contribution >= 0.6 is 11.6 Å². The molecule has 1 saturated carbocycles. The SMILES string of the molecule is CC(C)C1CCCC(O)(Cc2ccccc2Cl)C1. The van der Waals surface area contributed by atoms with Crippen LogP contribution in [0.25, 0.3) is 0 Å². The summed E-state index contributed by atoms with van der Waals surface area (Å²) in [5.74, 6) is 1.30. The standard InChI is InChI=1S/C16H23ClO/c1-12(2)13-7-5-9-16(18,10-13)11-14-6-3-4-8-15(14)17/h3-4,6,8,12-13,18H,5,7,9-11H2,1-2H3. The normalized spacial score (nSPS) is 28.6. The van der Waals surface area contributed by atoms with Gasteiger partial charge in [0, 0.05) is 11.4 Å². The van der Waals surface area contributed by atoms with Gasteiger partial charge < -0.3 is 5.11 Å². The molecule has 1 fully saturated rings. The van der Waals surface area contributed by atoms with E-state index >= 15 is 0 Å². The van der Waals surface area contributed by atoms with Crippen molar-refractivity contribution in [3.63, 3.8) is 0 Å². The monoisotopic (exact) mass is 266 g/mol. The third-order valence-electron chi connectivity index (χ3n) is 4.28. The van der Waals surface area contributed by atoms with Crippen molar-refractivity contribution in [3.8, 4) is 0 Å². The number of rotatable bonds is 3. The van der Waals surface area contributed by atoms with Gasteiger partial charge in [-0.2, -0.15) is 0 Å². The fourth-order valence-electron chi connectivity index (χ4n) is 3.11. The Balaban J connectivity index is 2.09. The highest BCUT2D eigenvalue weighted by Crippen LogP contribution is 2.39. The van der Waals surface area contributed by atoms with E-state index in [1.54, 1.807) is 0 Å². The Hall–Kier alpha value is -0.530. The number of benzene rings is 1. The first-order chi connectivity index (χ1) is 8.50. The zero-order chi connectivity index (χ0) is 13.2. The molecule has 1 aliphatic carbocycles. The molecule has 100 valence electrons. The summed E-state index contributed by atoms with van der Waals surface area (Å²) < 4.78 is 0. The van der Waals surface area contributed by atoms with Crippen LogP contribution in [-0.2, 0) is 6.42 Å². The second kappa shape index (κ2) is 5.63. The lowest BCUT2D eigenvalue weighted by Crippen LogP contribution is -2.38. The Bertz CT molecular complexity index is 402. The van der Waals surface area contributed by atoms with Crippen molar-refractivity contribution in [1.29, 1.82) is 0 Å². The minimum Gasteiger partial charge on any atom is -0.390 e. The third-order valence-corrected chi connectivity index (χ3v) is 4.65. The van der Waals surface area contributed by atoms with E-state index in [4.69, 9.17) is 11.6 Å². The molecule has 1 aliphatic rings. The largest absolute Gasteiger partial charge is 0.390 e. The molecule has 2 unspecified atom stereocenters. The van der Waals surface area contributed by atoms with Crippen molar-refractivity contribution >= 4 is 11.6 Å². The van der Waals surface area contributed by atoms with Gasteiger partial charge in [-0.05, 0) is 42.7 Å². The lowest BCUT2D eigenvalue weighted by atomic mass is 9.71. The van der Waals surface area contributed by atoms with Gasteiger partial charge in [0.1, 0.15) is 0 Å². The smallest absolute Gasteiger partial charge is 0.0691 e. The van der Waals surface area contributed by atoms with E-state index in [0.29, 0.717) is 18.3 Å². The van der Waals surface area contributed by atoms with Crippen molar-refractivity contribution in [3.05, 3.63) is 34.9 Å². The van der Waals surface area contributed by atoms with Crippen LogP contribution < -0.4 is 0 Å². The highest BCUT2D eigenvalue weighted by atomic mass is 35.5. The molecule has 0 bridgehead atoms. The van der Waals surface area contributed by atoms with Gasteiger partial charge in [-0.3, -0.25) is 0 Å². The number of halogens is 1. The Kier molecular flexibility index (Phi) is 4.34. The molecule has 1 N–H and O–H groups in total. The molecular weight excluding hydrogens is 244 g/mol. The Morgan fingerprint density at radius 2 is 2.11 bits per heavy atom. The fourth-order valence-corrected chi connectivity index (χ4v) is 3.31. The predicted octanol–water partition coefficient (Wildman–Crippen LogP) is 4.46. The van der Waals surface area contributed by atoms with Gasteiger partial charge in [0.25, 0.3) is 0 Å². The summed E-state index contributed by atoms with van der Waals surface area (Å²) in [7, 11) is 0. The van der Waals surface area contributed by atoms with E-state index in [1.807, 2.05) is 24.3 Å². The summed E-state index contributed by atoms with van der Waals surface area (Å²) >= 11 is 6.19. The topological polar surface area (TPSA) is 20.2 Å². The summed E-state index contributed by atoms with van der Waals surface area (Å²) in [6.45, 7) is 4.51. The molecule has 0 saturated heterocycles. The molecule has 1 nitrogen and oxygen atoms in total. The number of aliphatic hydroxyl groups is 1. The van der Waals surface area contributed by atoms with Crippen LogP contribution in [0.1, 0.15) is 45.1 Å². The Labute approximate surface area is 115 Å². The van der Waals surface area contributed by atoms with Gasteiger partial charge in [-0.25, -0.2) is 0 Å². The highest BCUT2D eigenvalue weighted by molar-refractivity contribution is 6.31. The van der Waals surface area contributed by atoms with Gasteiger partial charge in [-0.15, -0.1) is 0 Å². The molecule has 2 heteroatoms. The maximum Gasteiger partial charge on any atom is 0.0691 e. The van der Waals surface area contributed by atoms with E-state index in [1.165, 1.54) is 6.42 Å². The van der Waals surface area contributed by atoms with Crippen LogP contribution in [0.3, 0.4) is 0 Å². The van der Waals surface area contributed by atoms with E-state index in [0.717, 1.165) is 29.8 Å². The highest BCUT2D eigenvalue weighted by Gasteiger charge is 2.35. The van der Waals surface area contributed by atoms with Crippen LogP contribution in [0.5, 0.6) is 0 Å². The molecule has 18 heavy (non-hydrogen) atoms. The molecule has 0 aliphatic heterocycles. The van der Waals surface area contributed by atoms with E-state index in [-0.39, 0.29) is 0 Å². The van der Waals surface area contributed by atoms with Crippen molar-refractivity contribution in [2.24, 2.45) is 11.8 Å². The quantitative estimate of drug-likeness (QED) is 0.856. The minimum atomic E-state index is -0.557. The zero-order valence-electron chi connectivity index (χ0n) is 11.3. The maximum atomic E-state index is 10.8. The Morgan fingerprint density at radius 3 is 2.78 bits per heavy atom. The Morgan fingerprint density at radius 1 is 1.39 bits per heavy atom. The minimum absolute atomic E-state index is 0.557. The first-order valence-corrected chi connectivity index (χ1v) is 7.34. The van der Waals surface area contributed by atoms with Crippen LogP contribution in [0.4, 0.5) is 0 Å². The maximum absolute atomic E-state index is 10.8. The lowest BCUT2D eigenvalue weighted by molar-refractivity contribution is -0.0239. The van der Waals surface area contributed by atoms with Crippen molar-refractivity contribution in [2.75, 3.05) is 0 Å². The summed E-state index contributed by atoms with van der Waals surface area (Å²) in [6, 6.07) is 7.86. The molecule has 2 atom stereocenters. The van der Waals surface area contributed by atoms with E-state index in [2.05, 4.69) is 13.8 Å². The number of hydrogen-bond donors (Lipinski definition) is 1. The van der Waals surface area contributed by atoms with Gasteiger partial charge in [0.2, 0.25) is 0 Å². The molecule has 0 heterocycles. The molecule has 0 aromatic heterocycles. The molecule has 0 amide bonds. The summed E-state index contributed by atoms with van der Waals surface area (Å²) in [4.78, 5) is 0.